The van der Waals surface area contributed by atoms with Gasteiger partial charge in [0, 0.05) is 13.1 Å². The molecule has 0 bridgehead atoms. The van der Waals surface area contributed by atoms with E-state index in [1.165, 1.54) is 11.8 Å². The van der Waals surface area contributed by atoms with Crippen LogP contribution in [0.25, 0.3) is 0 Å². The van der Waals surface area contributed by atoms with Crippen LogP contribution in [-0.4, -0.2) is 57.0 Å². The number of ether oxygens (including phenoxy) is 1. The number of carbonyl (C=O) groups excluding carboxylic acids is 1. The van der Waals surface area contributed by atoms with E-state index in [2.05, 4.69) is 15.5 Å². The second kappa shape index (κ2) is 7.45. The Hall–Kier alpha value is -2.09. The monoisotopic (exact) mass is 333 g/mol. The zero-order chi connectivity index (χ0) is 16.1. The second-order valence-electron chi connectivity index (χ2n) is 5.34. The van der Waals surface area contributed by atoms with Crippen molar-refractivity contribution in [3.63, 3.8) is 0 Å². The van der Waals surface area contributed by atoms with E-state index in [9.17, 15) is 4.79 Å². The van der Waals surface area contributed by atoms with E-state index < -0.39 is 0 Å². The highest BCUT2D eigenvalue weighted by atomic mass is 32.2. The third kappa shape index (κ3) is 4.01. The van der Waals surface area contributed by atoms with Crippen molar-refractivity contribution in [3.8, 4) is 5.75 Å². The molecule has 1 aromatic heterocycles. The van der Waals surface area contributed by atoms with Crippen molar-refractivity contribution in [2.24, 2.45) is 0 Å². The van der Waals surface area contributed by atoms with Crippen LogP contribution >= 0.6 is 11.8 Å². The van der Waals surface area contributed by atoms with Crippen LogP contribution < -0.4 is 4.74 Å². The molecule has 7 nitrogen and oxygen atoms in total. The van der Waals surface area contributed by atoms with Crippen LogP contribution in [0.4, 0.5) is 0 Å². The molecule has 1 fully saturated rings. The molecule has 0 aliphatic carbocycles. The Labute approximate surface area is 139 Å². The van der Waals surface area contributed by atoms with Crippen molar-refractivity contribution in [2.75, 3.05) is 26.0 Å². The standard InChI is InChI=1S/C15H19N5O2S/c1-22-13-6-4-12(5-7-13)10-20-15(16-17-18-20)23-11-14(21)19-8-2-3-9-19/h4-7H,2-3,8-11H2,1H3. The quantitative estimate of drug-likeness (QED) is 0.745. The number of benzene rings is 1. The van der Waals surface area contributed by atoms with Crippen molar-refractivity contribution in [2.45, 2.75) is 24.5 Å². The molecule has 122 valence electrons. The molecule has 0 N–H and O–H groups in total. The van der Waals surface area contributed by atoms with Crippen LogP contribution in [0, 0.1) is 0 Å². The normalized spacial score (nSPS) is 14.2. The van der Waals surface area contributed by atoms with Crippen LogP contribution in [-0.2, 0) is 11.3 Å². The fourth-order valence-corrected chi connectivity index (χ4v) is 3.27. The smallest absolute Gasteiger partial charge is 0.233 e. The van der Waals surface area contributed by atoms with Gasteiger partial charge in [-0.2, -0.15) is 0 Å². The number of nitrogens with zero attached hydrogens (tertiary/aromatic N) is 5. The van der Waals surface area contributed by atoms with Gasteiger partial charge in [-0.1, -0.05) is 23.9 Å². The number of rotatable bonds is 6. The highest BCUT2D eigenvalue weighted by molar-refractivity contribution is 7.99. The number of hydrogen-bond acceptors (Lipinski definition) is 6. The van der Waals surface area contributed by atoms with Gasteiger partial charge < -0.3 is 9.64 Å². The first-order chi connectivity index (χ1) is 11.3. The Balaban J connectivity index is 1.59. The van der Waals surface area contributed by atoms with Crippen molar-refractivity contribution >= 4 is 17.7 Å². The van der Waals surface area contributed by atoms with Gasteiger partial charge in [0.2, 0.25) is 11.1 Å². The largest absolute Gasteiger partial charge is 0.497 e. The molecule has 1 aliphatic heterocycles. The van der Waals surface area contributed by atoms with E-state index in [0.29, 0.717) is 17.5 Å². The number of hydrogen-bond donors (Lipinski definition) is 0. The summed E-state index contributed by atoms with van der Waals surface area (Å²) < 4.78 is 6.86. The van der Waals surface area contributed by atoms with E-state index in [4.69, 9.17) is 4.74 Å². The first kappa shape index (κ1) is 15.8. The van der Waals surface area contributed by atoms with E-state index in [1.54, 1.807) is 11.8 Å². The molecule has 0 unspecified atom stereocenters. The summed E-state index contributed by atoms with van der Waals surface area (Å²) in [5.41, 5.74) is 1.07. The lowest BCUT2D eigenvalue weighted by Crippen LogP contribution is -2.29. The molecule has 1 aromatic carbocycles. The molecule has 0 radical (unpaired) electrons. The van der Waals surface area contributed by atoms with Gasteiger partial charge in [0.25, 0.3) is 0 Å². The summed E-state index contributed by atoms with van der Waals surface area (Å²) in [5.74, 6) is 1.35. The third-order valence-electron chi connectivity index (χ3n) is 3.77. The summed E-state index contributed by atoms with van der Waals surface area (Å²) in [6, 6.07) is 7.77. The zero-order valence-electron chi connectivity index (χ0n) is 13.0. The number of carbonyl (C=O) groups is 1. The van der Waals surface area contributed by atoms with Crippen LogP contribution in [0.3, 0.4) is 0 Å². The number of likely N-dealkylation sites (tertiary alicyclic amines) is 1. The SMILES string of the molecule is COc1ccc(Cn2nnnc2SCC(=O)N2CCCC2)cc1. The van der Waals surface area contributed by atoms with Crippen LogP contribution in [0.15, 0.2) is 29.4 Å². The summed E-state index contributed by atoms with van der Waals surface area (Å²) in [7, 11) is 1.64. The van der Waals surface area contributed by atoms with E-state index in [1.807, 2.05) is 29.2 Å². The second-order valence-corrected chi connectivity index (χ2v) is 6.29. The van der Waals surface area contributed by atoms with Crippen LogP contribution in [0.5, 0.6) is 5.75 Å². The molecule has 3 rings (SSSR count). The van der Waals surface area contributed by atoms with Crippen molar-refractivity contribution < 1.29 is 9.53 Å². The summed E-state index contributed by atoms with van der Waals surface area (Å²) in [6.07, 6.45) is 2.21. The van der Waals surface area contributed by atoms with Gasteiger partial charge in [-0.05, 0) is 41.0 Å². The number of tetrazole rings is 1. The lowest BCUT2D eigenvalue weighted by molar-refractivity contribution is -0.127. The topological polar surface area (TPSA) is 73.1 Å². The summed E-state index contributed by atoms with van der Waals surface area (Å²) >= 11 is 1.39. The molecule has 2 heterocycles. The first-order valence-corrected chi connectivity index (χ1v) is 8.54. The lowest BCUT2D eigenvalue weighted by Gasteiger charge is -2.14. The average molecular weight is 333 g/mol. The molecule has 0 atom stereocenters. The predicted molar refractivity (Wildman–Crippen MR) is 86.5 cm³/mol. The maximum absolute atomic E-state index is 12.1. The van der Waals surface area contributed by atoms with Gasteiger partial charge in [0.05, 0.1) is 19.4 Å². The molecule has 2 aromatic rings. The van der Waals surface area contributed by atoms with Crippen LogP contribution in [0.2, 0.25) is 0 Å². The average Bonchev–Trinajstić information content (AvgIpc) is 3.25. The Kier molecular flexibility index (Phi) is 5.12. The fraction of sp³-hybridized carbons (Fsp3) is 0.467. The molecule has 23 heavy (non-hydrogen) atoms. The third-order valence-corrected chi connectivity index (χ3v) is 4.72. The molecular formula is C15H19N5O2S. The molecule has 0 spiro atoms. The lowest BCUT2D eigenvalue weighted by atomic mass is 10.2. The fourth-order valence-electron chi connectivity index (χ4n) is 2.49. The number of amides is 1. The van der Waals surface area contributed by atoms with E-state index in [0.717, 1.165) is 37.2 Å². The van der Waals surface area contributed by atoms with E-state index in [-0.39, 0.29) is 5.91 Å². The number of thioether (sulfide) groups is 1. The van der Waals surface area contributed by atoms with Gasteiger partial charge >= 0.3 is 0 Å². The van der Waals surface area contributed by atoms with Gasteiger partial charge in [-0.15, -0.1) is 5.10 Å². The minimum Gasteiger partial charge on any atom is -0.497 e. The molecule has 1 saturated heterocycles. The first-order valence-electron chi connectivity index (χ1n) is 7.56. The highest BCUT2D eigenvalue weighted by Gasteiger charge is 2.19. The van der Waals surface area contributed by atoms with Crippen molar-refractivity contribution in [3.05, 3.63) is 29.8 Å². The van der Waals surface area contributed by atoms with Gasteiger partial charge in [0.15, 0.2) is 0 Å². The predicted octanol–water partition coefficient (Wildman–Crippen LogP) is 1.44. The Morgan fingerprint density at radius 1 is 1.26 bits per heavy atom. The highest BCUT2D eigenvalue weighted by Crippen LogP contribution is 2.18. The summed E-state index contributed by atoms with van der Waals surface area (Å²) in [4.78, 5) is 14.0. The van der Waals surface area contributed by atoms with Gasteiger partial charge in [-0.3, -0.25) is 4.79 Å². The zero-order valence-corrected chi connectivity index (χ0v) is 13.8. The molecule has 0 saturated carbocycles. The van der Waals surface area contributed by atoms with Gasteiger partial charge in [-0.25, -0.2) is 4.68 Å². The van der Waals surface area contributed by atoms with Crippen molar-refractivity contribution in [1.82, 2.24) is 25.1 Å². The summed E-state index contributed by atoms with van der Waals surface area (Å²) in [5, 5.41) is 12.4. The molecule has 1 aliphatic rings. The minimum absolute atomic E-state index is 0.159. The molecular weight excluding hydrogens is 314 g/mol. The number of methoxy groups -OCH3 is 1. The van der Waals surface area contributed by atoms with Crippen LogP contribution in [0.1, 0.15) is 18.4 Å². The Morgan fingerprint density at radius 2 is 2.00 bits per heavy atom. The van der Waals surface area contributed by atoms with Gasteiger partial charge in [0.1, 0.15) is 5.75 Å². The minimum atomic E-state index is 0.159. The molecule has 8 heteroatoms. The maximum Gasteiger partial charge on any atom is 0.233 e. The Morgan fingerprint density at radius 3 is 2.70 bits per heavy atom. The Bertz CT molecular complexity index is 652. The maximum atomic E-state index is 12.1. The number of aromatic nitrogens is 4. The van der Waals surface area contributed by atoms with E-state index >= 15 is 0 Å². The molecule has 1 amide bonds. The summed E-state index contributed by atoms with van der Waals surface area (Å²) in [6.45, 7) is 2.31. The van der Waals surface area contributed by atoms with Crippen molar-refractivity contribution in [1.29, 1.82) is 0 Å².